The first-order valence-corrected chi connectivity index (χ1v) is 12.3. The summed E-state index contributed by atoms with van der Waals surface area (Å²) in [4.78, 5) is 30.0. The van der Waals surface area contributed by atoms with E-state index in [1.165, 1.54) is 64.5 Å². The van der Waals surface area contributed by atoms with Crippen LogP contribution < -0.4 is 10.6 Å². The molecule has 0 atom stereocenters. The molecule has 6 heteroatoms. The van der Waals surface area contributed by atoms with E-state index in [1.807, 2.05) is 35.2 Å². The number of carbonyl (C=O) groups excluding carboxylic acids is 2. The van der Waals surface area contributed by atoms with E-state index < -0.39 is 0 Å². The second-order valence-electron chi connectivity index (χ2n) is 9.61. The van der Waals surface area contributed by atoms with Crippen molar-refractivity contribution >= 4 is 17.6 Å². The van der Waals surface area contributed by atoms with Crippen molar-refractivity contribution < 1.29 is 9.59 Å². The third-order valence-corrected chi connectivity index (χ3v) is 7.58. The van der Waals surface area contributed by atoms with Gasteiger partial charge in [0.15, 0.2) is 0 Å². The van der Waals surface area contributed by atoms with Crippen molar-refractivity contribution in [3.63, 3.8) is 0 Å². The normalized spacial score (nSPS) is 22.6. The number of piperidine rings is 2. The number of nitrogens with zero attached hydrogens (tertiary/aromatic N) is 2. The molecule has 3 aliphatic rings. The summed E-state index contributed by atoms with van der Waals surface area (Å²) in [5.41, 5.74) is 0.979. The minimum absolute atomic E-state index is 0.0165. The molecule has 1 aromatic rings. The van der Waals surface area contributed by atoms with Crippen LogP contribution in [-0.2, 0) is 4.79 Å². The van der Waals surface area contributed by atoms with Gasteiger partial charge < -0.3 is 15.5 Å². The Morgan fingerprint density at radius 2 is 1.52 bits per heavy atom. The lowest BCUT2D eigenvalue weighted by Gasteiger charge is -2.48. The van der Waals surface area contributed by atoms with Gasteiger partial charge >= 0.3 is 6.03 Å². The number of hydrogen-bond donors (Lipinski definition) is 2. The predicted octanol–water partition coefficient (Wildman–Crippen LogP) is 4.24. The van der Waals surface area contributed by atoms with Crippen molar-refractivity contribution in [3.8, 4) is 0 Å². The molecule has 0 radical (unpaired) electrons. The highest BCUT2D eigenvalue weighted by Crippen LogP contribution is 2.35. The fourth-order valence-corrected chi connectivity index (χ4v) is 5.65. The molecule has 2 N–H and O–H groups in total. The number of para-hydroxylation sites is 1. The lowest BCUT2D eigenvalue weighted by atomic mass is 9.79. The summed E-state index contributed by atoms with van der Waals surface area (Å²) in [7, 11) is 0. The van der Waals surface area contributed by atoms with E-state index >= 15 is 0 Å². The third kappa shape index (κ3) is 5.59. The molecule has 2 aliphatic heterocycles. The lowest BCUT2D eigenvalue weighted by Crippen LogP contribution is -2.58. The number of nitrogens with one attached hydrogen (secondary N) is 2. The molecule has 2 heterocycles. The van der Waals surface area contributed by atoms with Crippen LogP contribution in [-0.4, -0.2) is 60.0 Å². The van der Waals surface area contributed by atoms with Gasteiger partial charge in [-0.15, -0.1) is 0 Å². The van der Waals surface area contributed by atoms with Crippen molar-refractivity contribution in [1.82, 2.24) is 15.1 Å². The summed E-state index contributed by atoms with van der Waals surface area (Å²) in [6.45, 7) is 4.43. The Balaban J connectivity index is 1.26. The fraction of sp³-hybridized carbons (Fsp3) is 0.680. The molecule has 1 aromatic carbocycles. The standard InChI is InChI=1S/C25H38N4O2/c30-23(26-20-25(14-6-2-7-15-25)29-16-8-3-9-17-29)21-12-18-28(19-13-21)24(31)27-22-10-4-1-5-11-22/h1,4-5,10-11,21H,2-3,6-9,12-20H2,(H,26,30)(H,27,31). The van der Waals surface area contributed by atoms with Gasteiger partial charge in [0.05, 0.1) is 0 Å². The van der Waals surface area contributed by atoms with E-state index in [4.69, 9.17) is 0 Å². The van der Waals surface area contributed by atoms with Crippen LogP contribution in [0.4, 0.5) is 10.5 Å². The van der Waals surface area contributed by atoms with Crippen molar-refractivity contribution in [2.45, 2.75) is 69.7 Å². The highest BCUT2D eigenvalue weighted by Gasteiger charge is 2.39. The quantitative estimate of drug-likeness (QED) is 0.740. The number of urea groups is 1. The van der Waals surface area contributed by atoms with Crippen molar-refractivity contribution in [3.05, 3.63) is 30.3 Å². The number of rotatable bonds is 5. The zero-order chi connectivity index (χ0) is 21.5. The first-order valence-electron chi connectivity index (χ1n) is 12.3. The molecule has 0 aromatic heterocycles. The minimum Gasteiger partial charge on any atom is -0.354 e. The Kier molecular flexibility index (Phi) is 7.49. The van der Waals surface area contributed by atoms with Gasteiger partial charge in [-0.3, -0.25) is 9.69 Å². The number of carbonyl (C=O) groups is 2. The molecule has 2 saturated heterocycles. The summed E-state index contributed by atoms with van der Waals surface area (Å²) in [6.07, 6.45) is 11.7. The number of anilines is 1. The van der Waals surface area contributed by atoms with E-state index in [0.29, 0.717) is 13.1 Å². The van der Waals surface area contributed by atoms with Crippen LogP contribution in [0.15, 0.2) is 30.3 Å². The molecule has 1 aliphatic carbocycles. The van der Waals surface area contributed by atoms with Crippen LogP contribution in [0.3, 0.4) is 0 Å². The predicted molar refractivity (Wildman–Crippen MR) is 124 cm³/mol. The largest absolute Gasteiger partial charge is 0.354 e. The maximum absolute atomic E-state index is 13.0. The van der Waals surface area contributed by atoms with Crippen molar-refractivity contribution in [1.29, 1.82) is 0 Å². The van der Waals surface area contributed by atoms with Gasteiger partial charge in [0, 0.05) is 36.8 Å². The first kappa shape index (κ1) is 22.1. The molecule has 3 fully saturated rings. The molecular formula is C25H38N4O2. The van der Waals surface area contributed by atoms with Gasteiger partial charge in [0.2, 0.25) is 5.91 Å². The van der Waals surface area contributed by atoms with Gasteiger partial charge in [-0.05, 0) is 63.7 Å². The minimum atomic E-state index is -0.0729. The maximum atomic E-state index is 13.0. The van der Waals surface area contributed by atoms with Crippen LogP contribution >= 0.6 is 0 Å². The van der Waals surface area contributed by atoms with E-state index in [0.717, 1.165) is 25.1 Å². The Bertz CT molecular complexity index is 718. The van der Waals surface area contributed by atoms with E-state index in [-0.39, 0.29) is 23.4 Å². The van der Waals surface area contributed by atoms with Gasteiger partial charge in [-0.1, -0.05) is 43.9 Å². The molecule has 31 heavy (non-hydrogen) atoms. The Morgan fingerprint density at radius 3 is 2.19 bits per heavy atom. The molecule has 0 spiro atoms. The van der Waals surface area contributed by atoms with Gasteiger partial charge in [-0.25, -0.2) is 4.79 Å². The van der Waals surface area contributed by atoms with Crippen LogP contribution in [0.5, 0.6) is 0 Å². The fourth-order valence-electron chi connectivity index (χ4n) is 5.65. The maximum Gasteiger partial charge on any atom is 0.321 e. The highest BCUT2D eigenvalue weighted by molar-refractivity contribution is 5.89. The Hall–Kier alpha value is -2.08. The van der Waals surface area contributed by atoms with Crippen molar-refractivity contribution in [2.75, 3.05) is 38.0 Å². The molecular weight excluding hydrogens is 388 g/mol. The monoisotopic (exact) mass is 426 g/mol. The second-order valence-corrected chi connectivity index (χ2v) is 9.61. The number of likely N-dealkylation sites (tertiary alicyclic amines) is 2. The van der Waals surface area contributed by atoms with Crippen LogP contribution in [0.25, 0.3) is 0 Å². The Labute approximate surface area is 186 Å². The molecule has 6 nitrogen and oxygen atoms in total. The summed E-state index contributed by atoms with van der Waals surface area (Å²) >= 11 is 0. The van der Waals surface area contributed by atoms with E-state index in [1.54, 1.807) is 0 Å². The SMILES string of the molecule is O=C(NCC1(N2CCCCC2)CCCCC1)C1CCN(C(=O)Nc2ccccc2)CC1. The molecule has 0 bridgehead atoms. The average Bonchev–Trinajstić information content (AvgIpc) is 2.84. The first-order chi connectivity index (χ1) is 15.2. The summed E-state index contributed by atoms with van der Waals surface area (Å²) < 4.78 is 0. The molecule has 170 valence electrons. The number of hydrogen-bond acceptors (Lipinski definition) is 3. The van der Waals surface area contributed by atoms with Crippen LogP contribution in [0, 0.1) is 5.92 Å². The van der Waals surface area contributed by atoms with Gasteiger partial charge in [0.1, 0.15) is 0 Å². The number of benzene rings is 1. The Morgan fingerprint density at radius 1 is 0.871 bits per heavy atom. The van der Waals surface area contributed by atoms with Gasteiger partial charge in [0.25, 0.3) is 0 Å². The summed E-state index contributed by atoms with van der Waals surface area (Å²) in [5.74, 6) is 0.202. The number of amides is 3. The van der Waals surface area contributed by atoms with Gasteiger partial charge in [-0.2, -0.15) is 0 Å². The van der Waals surface area contributed by atoms with E-state index in [9.17, 15) is 9.59 Å². The van der Waals surface area contributed by atoms with E-state index in [2.05, 4.69) is 15.5 Å². The molecule has 1 saturated carbocycles. The third-order valence-electron chi connectivity index (χ3n) is 7.58. The topological polar surface area (TPSA) is 64.7 Å². The summed E-state index contributed by atoms with van der Waals surface area (Å²) in [6, 6.07) is 9.46. The molecule has 4 rings (SSSR count). The molecule has 3 amide bonds. The molecule has 0 unspecified atom stereocenters. The zero-order valence-electron chi connectivity index (χ0n) is 18.8. The average molecular weight is 427 g/mol. The van der Waals surface area contributed by atoms with Crippen molar-refractivity contribution in [2.24, 2.45) is 5.92 Å². The van der Waals surface area contributed by atoms with Crippen LogP contribution in [0.1, 0.15) is 64.2 Å². The highest BCUT2D eigenvalue weighted by atomic mass is 16.2. The summed E-state index contributed by atoms with van der Waals surface area (Å²) in [5, 5.41) is 6.29. The zero-order valence-corrected chi connectivity index (χ0v) is 18.8. The lowest BCUT2D eigenvalue weighted by molar-refractivity contribution is -0.127. The smallest absolute Gasteiger partial charge is 0.321 e. The van der Waals surface area contributed by atoms with Crippen LogP contribution in [0.2, 0.25) is 0 Å². The second kappa shape index (κ2) is 10.5.